The maximum Gasteiger partial charge on any atom is 0.216 e. The van der Waals surface area contributed by atoms with Gasteiger partial charge in [-0.2, -0.15) is 14.9 Å². The standard InChI is InChI=1S/C19H28N4OS/c1-8-15-21-22-17(25)23(15)20-11-12-9-13(18(2,3)4)10-14(16(12)24)19(5,6)7/h9-11,24H,8H2,1-7H3,(H,22,25)/b20-11+. The van der Waals surface area contributed by atoms with Crippen molar-refractivity contribution in [3.63, 3.8) is 0 Å². The number of rotatable bonds is 3. The Kier molecular flexibility index (Phi) is 5.23. The van der Waals surface area contributed by atoms with Crippen LogP contribution in [0.15, 0.2) is 17.2 Å². The van der Waals surface area contributed by atoms with E-state index in [-0.39, 0.29) is 16.6 Å². The van der Waals surface area contributed by atoms with Crippen molar-refractivity contribution < 1.29 is 5.11 Å². The highest BCUT2D eigenvalue weighted by Gasteiger charge is 2.24. The van der Waals surface area contributed by atoms with Gasteiger partial charge in [0.05, 0.1) is 6.21 Å². The second-order valence-corrected chi connectivity index (χ2v) is 8.70. The van der Waals surface area contributed by atoms with Gasteiger partial charge in [-0.3, -0.25) is 5.10 Å². The lowest BCUT2D eigenvalue weighted by Gasteiger charge is -2.26. The van der Waals surface area contributed by atoms with Crippen LogP contribution in [0.1, 0.15) is 71.0 Å². The van der Waals surface area contributed by atoms with Gasteiger partial charge in [-0.15, -0.1) is 0 Å². The molecule has 1 heterocycles. The molecular weight excluding hydrogens is 332 g/mol. The van der Waals surface area contributed by atoms with Gasteiger partial charge < -0.3 is 5.11 Å². The molecule has 2 N–H and O–H groups in total. The fraction of sp³-hybridized carbons (Fsp3) is 0.526. The van der Waals surface area contributed by atoms with Gasteiger partial charge >= 0.3 is 0 Å². The van der Waals surface area contributed by atoms with Crippen molar-refractivity contribution >= 4 is 18.4 Å². The smallest absolute Gasteiger partial charge is 0.216 e. The minimum atomic E-state index is -0.172. The number of aryl methyl sites for hydroxylation is 1. The first-order valence-corrected chi connectivity index (χ1v) is 8.94. The van der Waals surface area contributed by atoms with Crippen LogP contribution < -0.4 is 0 Å². The van der Waals surface area contributed by atoms with E-state index in [4.69, 9.17) is 12.2 Å². The lowest BCUT2D eigenvalue weighted by atomic mass is 9.79. The van der Waals surface area contributed by atoms with Crippen LogP contribution in [0, 0.1) is 4.77 Å². The molecule has 0 aliphatic rings. The van der Waals surface area contributed by atoms with Crippen LogP contribution in [0.5, 0.6) is 5.75 Å². The van der Waals surface area contributed by atoms with Gasteiger partial charge in [0.1, 0.15) is 5.75 Å². The summed E-state index contributed by atoms with van der Waals surface area (Å²) in [5.74, 6) is 1.01. The number of nitrogens with zero attached hydrogens (tertiary/aromatic N) is 3. The summed E-state index contributed by atoms with van der Waals surface area (Å²) in [5.41, 5.74) is 2.55. The molecule has 0 spiro atoms. The molecule has 0 atom stereocenters. The highest BCUT2D eigenvalue weighted by Crippen LogP contribution is 2.37. The van der Waals surface area contributed by atoms with Gasteiger partial charge in [0.25, 0.3) is 0 Å². The SMILES string of the molecule is CCc1n[nH]c(=S)n1/N=C/c1cc(C(C)(C)C)cc(C(C)(C)C)c1O. The second kappa shape index (κ2) is 6.75. The molecule has 1 aromatic heterocycles. The first kappa shape index (κ1) is 19.4. The summed E-state index contributed by atoms with van der Waals surface area (Å²) in [5, 5.41) is 22.1. The summed E-state index contributed by atoms with van der Waals surface area (Å²) in [6, 6.07) is 4.08. The molecule has 136 valence electrons. The number of phenolic OH excluding ortho intramolecular Hbond substituents is 1. The molecule has 2 rings (SSSR count). The zero-order chi connectivity index (χ0) is 19.0. The number of hydrogen-bond donors (Lipinski definition) is 2. The minimum Gasteiger partial charge on any atom is -0.507 e. The zero-order valence-corrected chi connectivity index (χ0v) is 17.0. The Labute approximate surface area is 154 Å². The molecule has 0 radical (unpaired) electrons. The van der Waals surface area contributed by atoms with Gasteiger partial charge in [-0.25, -0.2) is 0 Å². The summed E-state index contributed by atoms with van der Waals surface area (Å²) < 4.78 is 2.03. The Balaban J connectivity index is 2.62. The van der Waals surface area contributed by atoms with E-state index in [1.807, 2.05) is 13.0 Å². The first-order chi connectivity index (χ1) is 11.4. The van der Waals surface area contributed by atoms with Crippen molar-refractivity contribution in [3.8, 4) is 5.75 Å². The van der Waals surface area contributed by atoms with Gasteiger partial charge in [-0.05, 0) is 34.7 Å². The summed E-state index contributed by atoms with van der Waals surface area (Å²) in [4.78, 5) is 0. The van der Waals surface area contributed by atoms with Crippen molar-refractivity contribution in [3.05, 3.63) is 39.4 Å². The molecular formula is C19H28N4OS. The monoisotopic (exact) mass is 360 g/mol. The zero-order valence-electron chi connectivity index (χ0n) is 16.1. The number of hydrogen-bond acceptors (Lipinski definition) is 4. The highest BCUT2D eigenvalue weighted by atomic mass is 32.1. The predicted octanol–water partition coefficient (Wildman–Crippen LogP) is 4.69. The third kappa shape index (κ3) is 4.18. The predicted molar refractivity (Wildman–Crippen MR) is 105 cm³/mol. The largest absolute Gasteiger partial charge is 0.507 e. The number of phenols is 1. The Hall–Kier alpha value is -1.95. The molecule has 1 aromatic carbocycles. The van der Waals surface area contributed by atoms with E-state index in [0.29, 0.717) is 16.8 Å². The quantitative estimate of drug-likeness (QED) is 0.616. The van der Waals surface area contributed by atoms with Gasteiger partial charge in [0.15, 0.2) is 5.82 Å². The van der Waals surface area contributed by atoms with E-state index in [0.717, 1.165) is 17.0 Å². The van der Waals surface area contributed by atoms with Crippen LogP contribution >= 0.6 is 12.2 Å². The molecule has 0 aliphatic heterocycles. The van der Waals surface area contributed by atoms with Crippen molar-refractivity contribution in [1.82, 2.24) is 14.9 Å². The number of H-pyrrole nitrogens is 1. The van der Waals surface area contributed by atoms with Crippen molar-refractivity contribution in [2.75, 3.05) is 0 Å². The maximum absolute atomic E-state index is 10.8. The molecule has 0 unspecified atom stereocenters. The topological polar surface area (TPSA) is 66.2 Å². The molecule has 25 heavy (non-hydrogen) atoms. The molecule has 0 aliphatic carbocycles. The average Bonchev–Trinajstić information content (AvgIpc) is 2.84. The van der Waals surface area contributed by atoms with Gasteiger partial charge in [0.2, 0.25) is 4.77 Å². The second-order valence-electron chi connectivity index (χ2n) is 8.32. The van der Waals surface area contributed by atoms with E-state index >= 15 is 0 Å². The van der Waals surface area contributed by atoms with Crippen LogP contribution in [-0.4, -0.2) is 26.2 Å². The third-order valence-electron chi connectivity index (χ3n) is 4.16. The Morgan fingerprint density at radius 1 is 1.20 bits per heavy atom. The van der Waals surface area contributed by atoms with E-state index in [9.17, 15) is 5.11 Å². The molecule has 0 saturated heterocycles. The van der Waals surface area contributed by atoms with E-state index < -0.39 is 0 Å². The third-order valence-corrected chi connectivity index (χ3v) is 4.42. The molecule has 0 bridgehead atoms. The van der Waals surface area contributed by atoms with Crippen LogP contribution in [0.4, 0.5) is 0 Å². The van der Waals surface area contributed by atoms with E-state index in [1.54, 1.807) is 10.9 Å². The molecule has 0 amide bonds. The lowest BCUT2D eigenvalue weighted by Crippen LogP contribution is -2.17. The summed E-state index contributed by atoms with van der Waals surface area (Å²) in [6.07, 6.45) is 2.37. The Morgan fingerprint density at radius 2 is 1.84 bits per heavy atom. The molecule has 0 fully saturated rings. The number of nitrogens with one attached hydrogen (secondary N) is 1. The van der Waals surface area contributed by atoms with Crippen molar-refractivity contribution in [2.45, 2.75) is 65.7 Å². The van der Waals surface area contributed by atoms with Gasteiger partial charge in [-0.1, -0.05) is 54.5 Å². The summed E-state index contributed by atoms with van der Waals surface area (Å²) in [7, 11) is 0. The average molecular weight is 361 g/mol. The molecule has 6 heteroatoms. The Bertz CT molecular complexity index is 848. The van der Waals surface area contributed by atoms with Crippen LogP contribution in [0.3, 0.4) is 0 Å². The van der Waals surface area contributed by atoms with Gasteiger partial charge in [0, 0.05) is 17.5 Å². The maximum atomic E-state index is 10.8. The molecule has 0 saturated carbocycles. The van der Waals surface area contributed by atoms with E-state index in [2.05, 4.69) is 62.9 Å². The Morgan fingerprint density at radius 3 is 2.36 bits per heavy atom. The van der Waals surface area contributed by atoms with Crippen LogP contribution in [0.25, 0.3) is 0 Å². The number of aromatic hydroxyl groups is 1. The normalized spacial score (nSPS) is 12.9. The number of aromatic amines is 1. The summed E-state index contributed by atoms with van der Waals surface area (Å²) >= 11 is 5.23. The minimum absolute atomic E-state index is 0.0309. The molecule has 2 aromatic rings. The molecule has 5 nitrogen and oxygen atoms in total. The fourth-order valence-electron chi connectivity index (χ4n) is 2.55. The fourth-order valence-corrected chi connectivity index (χ4v) is 2.75. The highest BCUT2D eigenvalue weighted by molar-refractivity contribution is 7.71. The number of aromatic nitrogens is 3. The number of benzene rings is 1. The van der Waals surface area contributed by atoms with Crippen LogP contribution in [0.2, 0.25) is 0 Å². The van der Waals surface area contributed by atoms with Crippen molar-refractivity contribution in [1.29, 1.82) is 0 Å². The van der Waals surface area contributed by atoms with Crippen molar-refractivity contribution in [2.24, 2.45) is 5.10 Å². The van der Waals surface area contributed by atoms with E-state index in [1.165, 1.54) is 0 Å². The first-order valence-electron chi connectivity index (χ1n) is 8.53. The lowest BCUT2D eigenvalue weighted by molar-refractivity contribution is 0.444. The summed E-state index contributed by atoms with van der Waals surface area (Å²) in [6.45, 7) is 14.8. The van der Waals surface area contributed by atoms with Crippen LogP contribution in [-0.2, 0) is 17.3 Å².